The standard InChI is InChI=1S/C12H17NO2/c1-4-13(3)12(14)15-9-11-7-5-10(2)6-8-11/h5-8H,4,9H2,1-3H3. The molecule has 82 valence electrons. The SMILES string of the molecule is CCN(C)C(=O)OCc1ccc(C)cc1. The number of benzene rings is 1. The summed E-state index contributed by atoms with van der Waals surface area (Å²) in [6.45, 7) is 4.93. The summed E-state index contributed by atoms with van der Waals surface area (Å²) in [5.74, 6) is 0. The molecule has 0 saturated heterocycles. The summed E-state index contributed by atoms with van der Waals surface area (Å²) in [6, 6.07) is 7.95. The van der Waals surface area contributed by atoms with Crippen molar-refractivity contribution in [2.45, 2.75) is 20.5 Å². The Morgan fingerprint density at radius 2 is 1.93 bits per heavy atom. The minimum atomic E-state index is -0.280. The maximum Gasteiger partial charge on any atom is 0.409 e. The van der Waals surface area contributed by atoms with Crippen LogP contribution in [-0.4, -0.2) is 24.6 Å². The molecule has 1 rings (SSSR count). The van der Waals surface area contributed by atoms with Crippen LogP contribution in [0.15, 0.2) is 24.3 Å². The average Bonchev–Trinajstić information content (AvgIpc) is 2.26. The smallest absolute Gasteiger partial charge is 0.409 e. The maximum absolute atomic E-state index is 11.3. The van der Waals surface area contributed by atoms with E-state index in [-0.39, 0.29) is 6.09 Å². The van der Waals surface area contributed by atoms with Crippen LogP contribution in [0, 0.1) is 6.92 Å². The topological polar surface area (TPSA) is 29.5 Å². The second-order valence-corrected chi connectivity index (χ2v) is 3.55. The molecule has 0 unspecified atom stereocenters. The first-order chi connectivity index (χ1) is 7.13. The van der Waals surface area contributed by atoms with E-state index in [0.717, 1.165) is 5.56 Å². The van der Waals surface area contributed by atoms with Crippen molar-refractivity contribution in [3.63, 3.8) is 0 Å². The maximum atomic E-state index is 11.3. The zero-order valence-electron chi connectivity index (χ0n) is 9.49. The summed E-state index contributed by atoms with van der Waals surface area (Å²) < 4.78 is 5.11. The van der Waals surface area contributed by atoms with Gasteiger partial charge in [-0.3, -0.25) is 0 Å². The molecule has 0 bridgehead atoms. The highest BCUT2D eigenvalue weighted by atomic mass is 16.6. The van der Waals surface area contributed by atoms with Gasteiger partial charge in [0.2, 0.25) is 0 Å². The van der Waals surface area contributed by atoms with Gasteiger partial charge in [0.15, 0.2) is 0 Å². The first kappa shape index (κ1) is 11.6. The number of carbonyl (C=O) groups excluding carboxylic acids is 1. The van der Waals surface area contributed by atoms with Crippen LogP contribution in [0.5, 0.6) is 0 Å². The van der Waals surface area contributed by atoms with Gasteiger partial charge in [-0.25, -0.2) is 4.79 Å². The molecule has 0 N–H and O–H groups in total. The summed E-state index contributed by atoms with van der Waals surface area (Å²) in [7, 11) is 1.72. The lowest BCUT2D eigenvalue weighted by Crippen LogP contribution is -2.26. The van der Waals surface area contributed by atoms with Gasteiger partial charge in [0.1, 0.15) is 6.61 Å². The van der Waals surface area contributed by atoms with Crippen molar-refractivity contribution in [3.05, 3.63) is 35.4 Å². The normalized spacial score (nSPS) is 9.80. The van der Waals surface area contributed by atoms with Crippen molar-refractivity contribution in [2.75, 3.05) is 13.6 Å². The van der Waals surface area contributed by atoms with Crippen molar-refractivity contribution in [1.29, 1.82) is 0 Å². The molecule has 15 heavy (non-hydrogen) atoms. The van der Waals surface area contributed by atoms with E-state index in [0.29, 0.717) is 13.2 Å². The Hall–Kier alpha value is -1.51. The Morgan fingerprint density at radius 1 is 1.33 bits per heavy atom. The zero-order valence-corrected chi connectivity index (χ0v) is 9.49. The number of hydrogen-bond acceptors (Lipinski definition) is 2. The van der Waals surface area contributed by atoms with Gasteiger partial charge >= 0.3 is 6.09 Å². The van der Waals surface area contributed by atoms with E-state index < -0.39 is 0 Å². The molecule has 0 aromatic heterocycles. The van der Waals surface area contributed by atoms with E-state index in [1.807, 2.05) is 38.1 Å². The van der Waals surface area contributed by atoms with Gasteiger partial charge in [-0.15, -0.1) is 0 Å². The van der Waals surface area contributed by atoms with Gasteiger partial charge in [-0.1, -0.05) is 29.8 Å². The van der Waals surface area contributed by atoms with E-state index in [2.05, 4.69) is 0 Å². The Morgan fingerprint density at radius 3 is 2.47 bits per heavy atom. The average molecular weight is 207 g/mol. The molecule has 1 amide bonds. The molecule has 0 aliphatic heterocycles. The van der Waals surface area contributed by atoms with E-state index in [4.69, 9.17) is 4.74 Å². The van der Waals surface area contributed by atoms with Crippen LogP contribution in [-0.2, 0) is 11.3 Å². The van der Waals surface area contributed by atoms with Gasteiger partial charge < -0.3 is 9.64 Å². The molecule has 0 spiro atoms. The van der Waals surface area contributed by atoms with Crippen LogP contribution < -0.4 is 0 Å². The minimum absolute atomic E-state index is 0.280. The lowest BCUT2D eigenvalue weighted by Gasteiger charge is -2.14. The quantitative estimate of drug-likeness (QED) is 0.762. The first-order valence-corrected chi connectivity index (χ1v) is 5.07. The molecule has 0 aliphatic carbocycles. The molecular weight excluding hydrogens is 190 g/mol. The van der Waals surface area contributed by atoms with Gasteiger partial charge in [0.05, 0.1) is 0 Å². The molecule has 0 radical (unpaired) electrons. The highest BCUT2D eigenvalue weighted by Gasteiger charge is 2.06. The molecule has 3 nitrogen and oxygen atoms in total. The van der Waals surface area contributed by atoms with E-state index >= 15 is 0 Å². The van der Waals surface area contributed by atoms with Crippen molar-refractivity contribution in [2.24, 2.45) is 0 Å². The monoisotopic (exact) mass is 207 g/mol. The number of aryl methyl sites for hydroxylation is 1. The van der Waals surface area contributed by atoms with Gasteiger partial charge in [0.25, 0.3) is 0 Å². The van der Waals surface area contributed by atoms with Gasteiger partial charge in [-0.2, -0.15) is 0 Å². The Bertz CT molecular complexity index is 319. The predicted octanol–water partition coefficient (Wildman–Crippen LogP) is 2.58. The third-order valence-electron chi connectivity index (χ3n) is 2.27. The second kappa shape index (κ2) is 5.39. The molecule has 0 fully saturated rings. The summed E-state index contributed by atoms with van der Waals surface area (Å²) >= 11 is 0. The number of nitrogens with zero attached hydrogens (tertiary/aromatic N) is 1. The van der Waals surface area contributed by atoms with E-state index in [1.54, 1.807) is 7.05 Å². The third-order valence-corrected chi connectivity index (χ3v) is 2.27. The molecule has 0 saturated carbocycles. The summed E-state index contributed by atoms with van der Waals surface area (Å²) in [5.41, 5.74) is 2.22. The molecule has 0 aliphatic rings. The fourth-order valence-electron chi connectivity index (χ4n) is 1.07. The van der Waals surface area contributed by atoms with E-state index in [1.165, 1.54) is 10.5 Å². The van der Waals surface area contributed by atoms with Crippen molar-refractivity contribution < 1.29 is 9.53 Å². The lowest BCUT2D eigenvalue weighted by atomic mass is 10.2. The fourth-order valence-corrected chi connectivity index (χ4v) is 1.07. The van der Waals surface area contributed by atoms with Crippen LogP contribution in [0.3, 0.4) is 0 Å². The van der Waals surface area contributed by atoms with Crippen LogP contribution in [0.1, 0.15) is 18.1 Å². The van der Waals surface area contributed by atoms with Crippen molar-refractivity contribution in [1.82, 2.24) is 4.90 Å². The summed E-state index contributed by atoms with van der Waals surface area (Å²) in [4.78, 5) is 12.9. The molecule has 0 heterocycles. The van der Waals surface area contributed by atoms with Crippen LogP contribution in [0.4, 0.5) is 4.79 Å². The number of ether oxygens (including phenoxy) is 1. The molecule has 3 heteroatoms. The summed E-state index contributed by atoms with van der Waals surface area (Å²) in [5, 5.41) is 0. The number of hydrogen-bond donors (Lipinski definition) is 0. The number of amides is 1. The Balaban J connectivity index is 2.43. The summed E-state index contributed by atoms with van der Waals surface area (Å²) in [6.07, 6.45) is -0.280. The molecular formula is C12H17NO2. The van der Waals surface area contributed by atoms with Crippen molar-refractivity contribution in [3.8, 4) is 0 Å². The van der Waals surface area contributed by atoms with Gasteiger partial charge in [0, 0.05) is 13.6 Å². The minimum Gasteiger partial charge on any atom is -0.445 e. The largest absolute Gasteiger partial charge is 0.445 e. The highest BCUT2D eigenvalue weighted by Crippen LogP contribution is 2.05. The van der Waals surface area contributed by atoms with Crippen LogP contribution in [0.25, 0.3) is 0 Å². The molecule has 0 atom stereocenters. The fraction of sp³-hybridized carbons (Fsp3) is 0.417. The highest BCUT2D eigenvalue weighted by molar-refractivity contribution is 5.67. The third kappa shape index (κ3) is 3.62. The lowest BCUT2D eigenvalue weighted by molar-refractivity contribution is 0.106. The molecule has 1 aromatic rings. The van der Waals surface area contributed by atoms with Crippen LogP contribution >= 0.6 is 0 Å². The van der Waals surface area contributed by atoms with Crippen LogP contribution in [0.2, 0.25) is 0 Å². The first-order valence-electron chi connectivity index (χ1n) is 5.07. The number of carbonyl (C=O) groups is 1. The van der Waals surface area contributed by atoms with Crippen molar-refractivity contribution >= 4 is 6.09 Å². The number of rotatable bonds is 3. The van der Waals surface area contributed by atoms with E-state index in [9.17, 15) is 4.79 Å². The zero-order chi connectivity index (χ0) is 11.3. The Labute approximate surface area is 90.7 Å². The predicted molar refractivity (Wildman–Crippen MR) is 59.7 cm³/mol. The Kier molecular flexibility index (Phi) is 4.16. The molecule has 1 aromatic carbocycles. The van der Waals surface area contributed by atoms with Gasteiger partial charge in [-0.05, 0) is 19.4 Å². The second-order valence-electron chi connectivity index (χ2n) is 3.55.